The third-order valence-electron chi connectivity index (χ3n) is 3.45. The first-order valence-electron chi connectivity index (χ1n) is 6.67. The van der Waals surface area contributed by atoms with Crippen molar-refractivity contribution in [2.75, 3.05) is 39.3 Å². The topological polar surface area (TPSA) is 32.5 Å². The Morgan fingerprint density at radius 1 is 1.00 bits per heavy atom. The molecule has 0 spiro atoms. The Morgan fingerprint density at radius 3 is 2.32 bits per heavy atom. The van der Waals surface area contributed by atoms with Gasteiger partial charge in [0.2, 0.25) is 0 Å². The van der Waals surface area contributed by atoms with Gasteiger partial charge in [0.05, 0.1) is 0 Å². The van der Waals surface area contributed by atoms with Gasteiger partial charge in [0.1, 0.15) is 0 Å². The first-order chi connectivity index (χ1) is 8.78. The fourth-order valence-electron chi connectivity index (χ4n) is 2.44. The van der Waals surface area contributed by atoms with Gasteiger partial charge in [-0.2, -0.15) is 0 Å². The highest BCUT2D eigenvalue weighted by molar-refractivity contribution is 6.30. The largest absolute Gasteiger partial charge is 0.329 e. The molecule has 1 aliphatic rings. The Hall–Kier alpha value is -0.320. The van der Waals surface area contributed by atoms with Crippen LogP contribution in [0.4, 0.5) is 0 Å². The van der Waals surface area contributed by atoms with Crippen molar-refractivity contribution >= 4 is 24.0 Å². The van der Waals surface area contributed by atoms with Crippen LogP contribution in [0.2, 0.25) is 5.02 Å². The molecule has 3 nitrogen and oxygen atoms in total. The van der Waals surface area contributed by atoms with E-state index in [-0.39, 0.29) is 12.4 Å². The van der Waals surface area contributed by atoms with E-state index < -0.39 is 0 Å². The fourth-order valence-corrected chi connectivity index (χ4v) is 2.56. The molecule has 5 heteroatoms. The van der Waals surface area contributed by atoms with Gasteiger partial charge >= 0.3 is 0 Å². The van der Waals surface area contributed by atoms with E-state index in [1.807, 2.05) is 12.1 Å². The van der Waals surface area contributed by atoms with Gasteiger partial charge in [0, 0.05) is 37.7 Å². The molecule has 0 aromatic heterocycles. The summed E-state index contributed by atoms with van der Waals surface area (Å²) in [4.78, 5) is 4.97. The molecule has 19 heavy (non-hydrogen) atoms. The van der Waals surface area contributed by atoms with Crippen LogP contribution >= 0.6 is 24.0 Å². The summed E-state index contributed by atoms with van der Waals surface area (Å²) in [7, 11) is 0. The van der Waals surface area contributed by atoms with E-state index in [1.165, 1.54) is 25.1 Å². The molecule has 0 saturated carbocycles. The molecule has 2 rings (SSSR count). The number of hydrogen-bond donors (Lipinski definition) is 1. The highest BCUT2D eigenvalue weighted by Crippen LogP contribution is 2.12. The lowest BCUT2D eigenvalue weighted by molar-refractivity contribution is 0.255. The molecule has 1 heterocycles. The zero-order chi connectivity index (χ0) is 12.8. The number of rotatable bonds is 4. The standard InChI is InChI=1S/C14H22ClN3.ClH/c15-14-4-2-13(3-5-14)12-18-8-1-7-17(9-6-16)10-11-18;/h2-5H,1,6-12,16H2;1H. The van der Waals surface area contributed by atoms with Crippen molar-refractivity contribution in [3.05, 3.63) is 34.9 Å². The minimum absolute atomic E-state index is 0. The summed E-state index contributed by atoms with van der Waals surface area (Å²) in [5, 5.41) is 0.809. The summed E-state index contributed by atoms with van der Waals surface area (Å²) in [5.74, 6) is 0. The third-order valence-corrected chi connectivity index (χ3v) is 3.70. The monoisotopic (exact) mass is 303 g/mol. The van der Waals surface area contributed by atoms with E-state index in [2.05, 4.69) is 21.9 Å². The molecule has 0 atom stereocenters. The normalized spacial score (nSPS) is 17.8. The average molecular weight is 304 g/mol. The van der Waals surface area contributed by atoms with Crippen LogP contribution in [-0.2, 0) is 6.54 Å². The van der Waals surface area contributed by atoms with Crippen LogP contribution in [0, 0.1) is 0 Å². The van der Waals surface area contributed by atoms with E-state index >= 15 is 0 Å². The zero-order valence-electron chi connectivity index (χ0n) is 11.2. The van der Waals surface area contributed by atoms with Gasteiger partial charge in [-0.1, -0.05) is 23.7 Å². The summed E-state index contributed by atoms with van der Waals surface area (Å²) in [5.41, 5.74) is 6.95. The van der Waals surface area contributed by atoms with Crippen LogP contribution in [0.5, 0.6) is 0 Å². The van der Waals surface area contributed by atoms with E-state index in [9.17, 15) is 0 Å². The fraction of sp³-hybridized carbons (Fsp3) is 0.571. The lowest BCUT2D eigenvalue weighted by Gasteiger charge is -2.21. The van der Waals surface area contributed by atoms with Crippen molar-refractivity contribution in [2.45, 2.75) is 13.0 Å². The highest BCUT2D eigenvalue weighted by atomic mass is 35.5. The van der Waals surface area contributed by atoms with E-state index in [1.54, 1.807) is 0 Å². The SMILES string of the molecule is Cl.NCCN1CCCN(Cc2ccc(Cl)cc2)CC1. The summed E-state index contributed by atoms with van der Waals surface area (Å²) in [6.07, 6.45) is 1.23. The van der Waals surface area contributed by atoms with E-state index in [0.717, 1.165) is 37.7 Å². The number of hydrogen-bond acceptors (Lipinski definition) is 3. The van der Waals surface area contributed by atoms with Gasteiger partial charge in [0.15, 0.2) is 0 Å². The lowest BCUT2D eigenvalue weighted by atomic mass is 10.2. The van der Waals surface area contributed by atoms with Crippen molar-refractivity contribution in [1.29, 1.82) is 0 Å². The maximum Gasteiger partial charge on any atom is 0.0406 e. The van der Waals surface area contributed by atoms with Gasteiger partial charge in [0.25, 0.3) is 0 Å². The Bertz CT molecular complexity index is 356. The molecule has 0 amide bonds. The summed E-state index contributed by atoms with van der Waals surface area (Å²) < 4.78 is 0. The molecular weight excluding hydrogens is 281 g/mol. The molecular formula is C14H23Cl2N3. The molecule has 0 radical (unpaired) electrons. The molecule has 1 fully saturated rings. The Kier molecular flexibility index (Phi) is 7.73. The minimum Gasteiger partial charge on any atom is -0.329 e. The Morgan fingerprint density at radius 2 is 1.63 bits per heavy atom. The maximum absolute atomic E-state index is 5.90. The van der Waals surface area contributed by atoms with Crippen LogP contribution in [0.1, 0.15) is 12.0 Å². The van der Waals surface area contributed by atoms with Crippen molar-refractivity contribution < 1.29 is 0 Å². The predicted octanol–water partition coefficient (Wildman–Crippen LogP) is 2.23. The summed E-state index contributed by atoms with van der Waals surface area (Å²) in [6, 6.07) is 8.17. The molecule has 1 aromatic rings. The molecule has 2 N–H and O–H groups in total. The van der Waals surface area contributed by atoms with Gasteiger partial charge in [-0.05, 0) is 37.2 Å². The average Bonchev–Trinajstić information content (AvgIpc) is 2.59. The molecule has 0 unspecified atom stereocenters. The summed E-state index contributed by atoms with van der Waals surface area (Å²) >= 11 is 5.90. The first-order valence-corrected chi connectivity index (χ1v) is 7.05. The molecule has 1 aromatic carbocycles. The predicted molar refractivity (Wildman–Crippen MR) is 84.1 cm³/mol. The quantitative estimate of drug-likeness (QED) is 0.926. The van der Waals surface area contributed by atoms with Crippen LogP contribution in [-0.4, -0.2) is 49.1 Å². The zero-order valence-corrected chi connectivity index (χ0v) is 12.8. The number of nitrogens with zero attached hydrogens (tertiary/aromatic N) is 2. The van der Waals surface area contributed by atoms with Gasteiger partial charge in [-0.15, -0.1) is 12.4 Å². The van der Waals surface area contributed by atoms with Crippen molar-refractivity contribution in [3.8, 4) is 0 Å². The summed E-state index contributed by atoms with van der Waals surface area (Å²) in [6.45, 7) is 7.41. The van der Waals surface area contributed by atoms with Crippen LogP contribution < -0.4 is 5.73 Å². The lowest BCUT2D eigenvalue weighted by Crippen LogP contribution is -2.33. The Labute approximate surface area is 127 Å². The molecule has 0 bridgehead atoms. The van der Waals surface area contributed by atoms with Gasteiger partial charge in [-0.3, -0.25) is 4.90 Å². The second-order valence-corrected chi connectivity index (χ2v) is 5.32. The molecule has 1 saturated heterocycles. The van der Waals surface area contributed by atoms with Gasteiger partial charge in [-0.25, -0.2) is 0 Å². The van der Waals surface area contributed by atoms with E-state index in [0.29, 0.717) is 0 Å². The Balaban J connectivity index is 0.00000180. The van der Waals surface area contributed by atoms with Gasteiger partial charge < -0.3 is 10.6 Å². The number of nitrogens with two attached hydrogens (primary N) is 1. The smallest absolute Gasteiger partial charge is 0.0406 e. The second-order valence-electron chi connectivity index (χ2n) is 4.89. The van der Waals surface area contributed by atoms with Crippen molar-refractivity contribution in [1.82, 2.24) is 9.80 Å². The van der Waals surface area contributed by atoms with Crippen LogP contribution in [0.3, 0.4) is 0 Å². The van der Waals surface area contributed by atoms with Crippen molar-refractivity contribution in [2.24, 2.45) is 5.73 Å². The first kappa shape index (κ1) is 16.7. The number of benzene rings is 1. The second kappa shape index (κ2) is 8.77. The van der Waals surface area contributed by atoms with Crippen LogP contribution in [0.15, 0.2) is 24.3 Å². The molecule has 1 aliphatic heterocycles. The molecule has 108 valence electrons. The third kappa shape index (κ3) is 5.67. The number of halogens is 2. The molecule has 0 aliphatic carbocycles. The maximum atomic E-state index is 5.90. The minimum atomic E-state index is 0. The van der Waals surface area contributed by atoms with Crippen molar-refractivity contribution in [3.63, 3.8) is 0 Å². The van der Waals surface area contributed by atoms with E-state index in [4.69, 9.17) is 17.3 Å². The van der Waals surface area contributed by atoms with Crippen LogP contribution in [0.25, 0.3) is 0 Å². The highest BCUT2D eigenvalue weighted by Gasteiger charge is 2.14.